The minimum absolute atomic E-state index is 0.0562. The number of hydrogen-bond acceptors (Lipinski definition) is 4. The maximum atomic E-state index is 12.4. The second kappa shape index (κ2) is 6.42. The number of carbonyl (C=O) groups excluding carboxylic acids is 2. The van der Waals surface area contributed by atoms with Gasteiger partial charge in [0, 0.05) is 32.3 Å². The van der Waals surface area contributed by atoms with Gasteiger partial charge in [-0.05, 0) is 0 Å². The molecule has 1 aromatic rings. The average Bonchev–Trinajstić information content (AvgIpc) is 3.12. The van der Waals surface area contributed by atoms with Gasteiger partial charge in [0.25, 0.3) is 0 Å². The molecule has 7 nitrogen and oxygen atoms in total. The summed E-state index contributed by atoms with van der Waals surface area (Å²) in [6.07, 6.45) is -1.94. The summed E-state index contributed by atoms with van der Waals surface area (Å²) in [5.74, 6) is -0.883. The molecule has 3 rings (SSSR count). The van der Waals surface area contributed by atoms with Crippen LogP contribution in [0.1, 0.15) is 6.42 Å². The quantitative estimate of drug-likeness (QED) is 0.806. The molecule has 1 aromatic heterocycles. The van der Waals surface area contributed by atoms with Gasteiger partial charge >= 0.3 is 6.18 Å². The molecule has 2 aliphatic rings. The highest BCUT2D eigenvalue weighted by molar-refractivity contribution is 6.00. The number of anilines is 1. The highest BCUT2D eigenvalue weighted by atomic mass is 19.4. The van der Waals surface area contributed by atoms with Gasteiger partial charge in [0.1, 0.15) is 6.54 Å². The highest BCUT2D eigenvalue weighted by Gasteiger charge is 2.38. The van der Waals surface area contributed by atoms with Crippen molar-refractivity contribution in [3.05, 3.63) is 12.4 Å². The molecule has 0 aromatic carbocycles. The lowest BCUT2D eigenvalue weighted by atomic mass is 10.1. The molecule has 1 atom stereocenters. The smallest absolute Gasteiger partial charge is 0.378 e. The molecule has 0 bridgehead atoms. The number of amides is 2. The number of aromatic nitrogens is 2. The summed E-state index contributed by atoms with van der Waals surface area (Å²) in [5.41, 5.74) is 0.279. The fourth-order valence-electron chi connectivity index (χ4n) is 2.93. The second-order valence-corrected chi connectivity index (χ2v) is 5.85. The van der Waals surface area contributed by atoms with E-state index in [0.717, 1.165) is 4.68 Å². The van der Waals surface area contributed by atoms with E-state index in [4.69, 9.17) is 4.74 Å². The number of hydrogen-bond donors (Lipinski definition) is 0. The van der Waals surface area contributed by atoms with Crippen LogP contribution < -0.4 is 4.90 Å². The van der Waals surface area contributed by atoms with Gasteiger partial charge < -0.3 is 14.5 Å². The van der Waals surface area contributed by atoms with Crippen LogP contribution in [0, 0.1) is 5.92 Å². The Morgan fingerprint density at radius 3 is 2.71 bits per heavy atom. The molecule has 0 aliphatic carbocycles. The summed E-state index contributed by atoms with van der Waals surface area (Å²) in [4.78, 5) is 27.6. The molecule has 3 heterocycles. The van der Waals surface area contributed by atoms with Crippen molar-refractivity contribution in [1.29, 1.82) is 0 Å². The maximum absolute atomic E-state index is 12.4. The van der Waals surface area contributed by atoms with Crippen LogP contribution in [0.3, 0.4) is 0 Å². The van der Waals surface area contributed by atoms with E-state index in [1.54, 1.807) is 4.90 Å². The van der Waals surface area contributed by atoms with Gasteiger partial charge in [0.2, 0.25) is 11.8 Å². The van der Waals surface area contributed by atoms with Gasteiger partial charge in [-0.15, -0.1) is 0 Å². The highest BCUT2D eigenvalue weighted by Crippen LogP contribution is 2.27. The first kappa shape index (κ1) is 16.7. The fraction of sp³-hybridized carbons (Fsp3) is 0.643. The first-order chi connectivity index (χ1) is 11.3. The lowest BCUT2D eigenvalue weighted by Gasteiger charge is -2.28. The number of morpholine rings is 1. The molecule has 0 spiro atoms. The molecule has 10 heteroatoms. The Kier molecular flexibility index (Phi) is 4.48. The van der Waals surface area contributed by atoms with E-state index in [1.807, 2.05) is 0 Å². The van der Waals surface area contributed by atoms with Gasteiger partial charge in [-0.3, -0.25) is 14.3 Å². The zero-order chi connectivity index (χ0) is 17.3. The van der Waals surface area contributed by atoms with Crippen LogP contribution in [0.15, 0.2) is 12.4 Å². The SMILES string of the molecule is O=C(C1CC(=O)N(c2cnn(CC(F)(F)F)c2)C1)N1CCOCC1. The van der Waals surface area contributed by atoms with Crippen molar-refractivity contribution in [3.63, 3.8) is 0 Å². The van der Waals surface area contributed by atoms with Crippen LogP contribution in [-0.4, -0.2) is 65.5 Å². The van der Waals surface area contributed by atoms with E-state index < -0.39 is 18.6 Å². The summed E-state index contributed by atoms with van der Waals surface area (Å²) in [7, 11) is 0. The number of carbonyl (C=O) groups is 2. The third kappa shape index (κ3) is 3.69. The summed E-state index contributed by atoms with van der Waals surface area (Å²) in [6.45, 7) is 0.874. The van der Waals surface area contributed by atoms with Crippen LogP contribution in [0.4, 0.5) is 18.9 Å². The molecule has 0 radical (unpaired) electrons. The Balaban J connectivity index is 1.65. The molecule has 2 aliphatic heterocycles. The zero-order valence-corrected chi connectivity index (χ0v) is 12.8. The molecule has 2 fully saturated rings. The Bertz CT molecular complexity index is 625. The van der Waals surface area contributed by atoms with Crippen LogP contribution >= 0.6 is 0 Å². The second-order valence-electron chi connectivity index (χ2n) is 5.85. The van der Waals surface area contributed by atoms with Crippen molar-refractivity contribution in [1.82, 2.24) is 14.7 Å². The minimum atomic E-state index is -4.38. The molecule has 2 saturated heterocycles. The molecule has 0 N–H and O–H groups in total. The predicted molar refractivity (Wildman–Crippen MR) is 76.1 cm³/mol. The van der Waals surface area contributed by atoms with E-state index in [0.29, 0.717) is 26.3 Å². The molecule has 24 heavy (non-hydrogen) atoms. The lowest BCUT2D eigenvalue weighted by Crippen LogP contribution is -2.44. The summed E-state index contributed by atoms with van der Waals surface area (Å²) in [6, 6.07) is 0. The van der Waals surface area contributed by atoms with E-state index in [2.05, 4.69) is 5.10 Å². The molecule has 132 valence electrons. The Morgan fingerprint density at radius 2 is 2.04 bits per heavy atom. The van der Waals surface area contributed by atoms with E-state index >= 15 is 0 Å². The van der Waals surface area contributed by atoms with Gasteiger partial charge in [-0.1, -0.05) is 0 Å². The van der Waals surface area contributed by atoms with Gasteiger partial charge in [-0.2, -0.15) is 18.3 Å². The Morgan fingerprint density at radius 1 is 1.33 bits per heavy atom. The van der Waals surface area contributed by atoms with Gasteiger partial charge in [-0.25, -0.2) is 0 Å². The number of nitrogens with zero attached hydrogens (tertiary/aromatic N) is 4. The van der Waals surface area contributed by atoms with Gasteiger partial charge in [0.15, 0.2) is 0 Å². The maximum Gasteiger partial charge on any atom is 0.408 e. The van der Waals surface area contributed by atoms with E-state index in [-0.39, 0.29) is 30.5 Å². The molecule has 2 amide bonds. The first-order valence-corrected chi connectivity index (χ1v) is 7.59. The Labute approximate surface area is 135 Å². The predicted octanol–water partition coefficient (Wildman–Crippen LogP) is 0.657. The summed E-state index contributed by atoms with van der Waals surface area (Å²) < 4.78 is 43.1. The monoisotopic (exact) mass is 346 g/mol. The molecule has 1 unspecified atom stereocenters. The topological polar surface area (TPSA) is 67.7 Å². The number of halogens is 3. The van der Waals surface area contributed by atoms with Crippen LogP contribution in [0.25, 0.3) is 0 Å². The summed E-state index contributed by atoms with van der Waals surface area (Å²) >= 11 is 0. The molecular formula is C14H17F3N4O3. The third-order valence-electron chi connectivity index (χ3n) is 4.07. The van der Waals surface area contributed by atoms with E-state index in [1.165, 1.54) is 17.3 Å². The lowest BCUT2D eigenvalue weighted by molar-refractivity contribution is -0.142. The van der Waals surface area contributed by atoms with Crippen LogP contribution in [0.2, 0.25) is 0 Å². The third-order valence-corrected chi connectivity index (χ3v) is 4.07. The standard InChI is InChI=1S/C14H17F3N4O3/c15-14(16,17)9-20-8-11(6-18-20)21-7-10(5-12(21)22)13(23)19-1-3-24-4-2-19/h6,8,10H,1-5,7,9H2. The van der Waals surface area contributed by atoms with Crippen molar-refractivity contribution in [2.75, 3.05) is 37.7 Å². The first-order valence-electron chi connectivity index (χ1n) is 7.59. The number of rotatable bonds is 3. The van der Waals surface area contributed by atoms with E-state index in [9.17, 15) is 22.8 Å². The largest absolute Gasteiger partial charge is 0.408 e. The van der Waals surface area contributed by atoms with Gasteiger partial charge in [0.05, 0.1) is 31.0 Å². The van der Waals surface area contributed by atoms with Crippen molar-refractivity contribution in [2.45, 2.75) is 19.1 Å². The summed E-state index contributed by atoms with van der Waals surface area (Å²) in [5, 5.41) is 3.63. The van der Waals surface area contributed by atoms with Crippen molar-refractivity contribution in [3.8, 4) is 0 Å². The minimum Gasteiger partial charge on any atom is -0.378 e. The normalized spacial score (nSPS) is 22.3. The zero-order valence-electron chi connectivity index (χ0n) is 12.8. The van der Waals surface area contributed by atoms with Crippen molar-refractivity contribution >= 4 is 17.5 Å². The fourth-order valence-corrected chi connectivity index (χ4v) is 2.93. The number of ether oxygens (including phenoxy) is 1. The molecular weight excluding hydrogens is 329 g/mol. The number of alkyl halides is 3. The average molecular weight is 346 g/mol. The van der Waals surface area contributed by atoms with Crippen LogP contribution in [-0.2, 0) is 20.9 Å². The molecule has 0 saturated carbocycles. The van der Waals surface area contributed by atoms with Crippen LogP contribution in [0.5, 0.6) is 0 Å². The van der Waals surface area contributed by atoms with Crippen molar-refractivity contribution < 1.29 is 27.5 Å². The Hall–Kier alpha value is -2.10. The van der Waals surface area contributed by atoms with Crippen molar-refractivity contribution in [2.24, 2.45) is 5.92 Å².